The number of fused-ring (bicyclic) bond motifs is 8. The van der Waals surface area contributed by atoms with Crippen LogP contribution in [0.2, 0.25) is 0 Å². The Morgan fingerprint density at radius 2 is 0.836 bits per heavy atom. The summed E-state index contributed by atoms with van der Waals surface area (Å²) in [5.74, 6) is 0. The monoisotopic (exact) mass is 698 g/mol. The van der Waals surface area contributed by atoms with Crippen molar-refractivity contribution in [2.75, 3.05) is 0 Å². The first-order chi connectivity index (χ1) is 27.0. The van der Waals surface area contributed by atoms with Crippen molar-refractivity contribution in [3.63, 3.8) is 0 Å². The summed E-state index contributed by atoms with van der Waals surface area (Å²) in [4.78, 5) is 0. The summed E-state index contributed by atoms with van der Waals surface area (Å²) in [6.07, 6.45) is 0. The van der Waals surface area contributed by atoms with Crippen molar-refractivity contribution < 1.29 is 0 Å². The number of rotatable bonds is 4. The van der Waals surface area contributed by atoms with E-state index in [4.69, 9.17) is 0 Å². The third-order valence-electron chi connectivity index (χ3n) is 12.2. The molecule has 0 saturated carbocycles. The van der Waals surface area contributed by atoms with E-state index in [1.807, 2.05) is 0 Å². The fourth-order valence-corrected chi connectivity index (χ4v) is 9.61. The van der Waals surface area contributed by atoms with Crippen LogP contribution in [0.25, 0.3) is 98.7 Å². The minimum Gasteiger partial charge on any atom is -0.0622 e. The van der Waals surface area contributed by atoms with Gasteiger partial charge in [0.25, 0.3) is 0 Å². The second-order valence-corrected chi connectivity index (χ2v) is 15.6. The molecule has 55 heavy (non-hydrogen) atoms. The highest BCUT2D eigenvalue weighted by Gasteiger charge is 2.35. The van der Waals surface area contributed by atoms with Crippen LogP contribution in [0.3, 0.4) is 0 Å². The van der Waals surface area contributed by atoms with Gasteiger partial charge in [0.2, 0.25) is 0 Å². The predicted octanol–water partition coefficient (Wildman–Crippen LogP) is 15.3. The van der Waals surface area contributed by atoms with Crippen molar-refractivity contribution in [3.8, 4) is 55.6 Å². The lowest BCUT2D eigenvalue weighted by Crippen LogP contribution is -2.14. The van der Waals surface area contributed by atoms with Crippen LogP contribution in [0.15, 0.2) is 194 Å². The van der Waals surface area contributed by atoms with Gasteiger partial charge < -0.3 is 0 Å². The molecule has 0 heteroatoms. The number of hydrogen-bond donors (Lipinski definition) is 0. The van der Waals surface area contributed by atoms with E-state index in [0.717, 1.165) is 0 Å². The van der Waals surface area contributed by atoms with E-state index < -0.39 is 0 Å². The lowest BCUT2D eigenvalue weighted by molar-refractivity contribution is 0.660. The molecule has 1 aliphatic carbocycles. The Labute approximate surface area is 322 Å². The van der Waals surface area contributed by atoms with Crippen molar-refractivity contribution in [3.05, 3.63) is 205 Å². The molecule has 0 amide bonds. The highest BCUT2D eigenvalue weighted by Crippen LogP contribution is 2.52. The van der Waals surface area contributed by atoms with Crippen LogP contribution in [-0.4, -0.2) is 0 Å². The highest BCUT2D eigenvalue weighted by molar-refractivity contribution is 6.22. The molecule has 0 heterocycles. The van der Waals surface area contributed by atoms with Crippen LogP contribution in [0.4, 0.5) is 0 Å². The molecule has 0 radical (unpaired) electrons. The van der Waals surface area contributed by atoms with Gasteiger partial charge in [0.15, 0.2) is 0 Å². The first kappa shape index (κ1) is 31.7. The molecule has 0 nitrogen and oxygen atoms in total. The summed E-state index contributed by atoms with van der Waals surface area (Å²) in [5, 5.41) is 10.2. The molecule has 0 unspecified atom stereocenters. The third-order valence-corrected chi connectivity index (χ3v) is 12.2. The van der Waals surface area contributed by atoms with Gasteiger partial charge in [-0.1, -0.05) is 184 Å². The Bertz CT molecular complexity index is 3160. The maximum atomic E-state index is 2.48. The summed E-state index contributed by atoms with van der Waals surface area (Å²) in [6, 6.07) is 72.3. The Balaban J connectivity index is 1.19. The quantitative estimate of drug-likeness (QED) is 0.127. The van der Waals surface area contributed by atoms with Gasteiger partial charge in [-0.05, 0) is 134 Å². The largest absolute Gasteiger partial charge is 0.0622 e. The van der Waals surface area contributed by atoms with E-state index >= 15 is 0 Å². The van der Waals surface area contributed by atoms with Gasteiger partial charge in [-0.15, -0.1) is 0 Å². The Hall–Kier alpha value is -6.76. The molecule has 11 rings (SSSR count). The van der Waals surface area contributed by atoms with E-state index in [-0.39, 0.29) is 5.41 Å². The minimum absolute atomic E-state index is 0.0872. The second kappa shape index (κ2) is 12.1. The fraction of sp³-hybridized carbons (Fsp3) is 0.0545. The van der Waals surface area contributed by atoms with Gasteiger partial charge in [0, 0.05) is 5.41 Å². The molecule has 258 valence electrons. The molecule has 0 atom stereocenters. The van der Waals surface area contributed by atoms with Crippen LogP contribution in [0, 0.1) is 0 Å². The van der Waals surface area contributed by atoms with Crippen LogP contribution in [0.5, 0.6) is 0 Å². The van der Waals surface area contributed by atoms with E-state index in [0.29, 0.717) is 0 Å². The first-order valence-electron chi connectivity index (χ1n) is 19.3. The average molecular weight is 699 g/mol. The predicted molar refractivity (Wildman–Crippen MR) is 236 cm³/mol. The van der Waals surface area contributed by atoms with Crippen molar-refractivity contribution in [1.29, 1.82) is 0 Å². The normalized spacial score (nSPS) is 13.1. The smallest absolute Gasteiger partial charge is 0.0159 e. The number of benzene rings is 10. The maximum absolute atomic E-state index is 2.48. The van der Waals surface area contributed by atoms with E-state index in [9.17, 15) is 0 Å². The third kappa shape index (κ3) is 4.85. The molecular formula is C55H38. The van der Waals surface area contributed by atoms with Crippen molar-refractivity contribution in [2.45, 2.75) is 19.3 Å². The number of hydrogen-bond acceptors (Lipinski definition) is 0. The van der Waals surface area contributed by atoms with E-state index in [2.05, 4.69) is 208 Å². The summed E-state index contributed by atoms with van der Waals surface area (Å²) >= 11 is 0. The zero-order valence-electron chi connectivity index (χ0n) is 31.0. The first-order valence-corrected chi connectivity index (χ1v) is 19.3. The van der Waals surface area contributed by atoms with Crippen molar-refractivity contribution >= 4 is 43.1 Å². The van der Waals surface area contributed by atoms with E-state index in [1.165, 1.54) is 110 Å². The minimum atomic E-state index is -0.0872. The summed E-state index contributed by atoms with van der Waals surface area (Å²) in [6.45, 7) is 4.75. The molecular weight excluding hydrogens is 661 g/mol. The standard InChI is InChI=1S/C55H38/c1-55(2)51-26-13-12-23-44(51)45-29-28-40(34-52(45)55)54-47-25-11-10-24-46(47)53(48-30-27-36(32-50(48)54)35-15-4-3-5-16-35)39-19-14-18-37(31-39)49-33-38-17-6-7-20-41(38)42-21-8-9-22-43(42)49/h3-34H,1-2H3. The van der Waals surface area contributed by atoms with Gasteiger partial charge in [-0.2, -0.15) is 0 Å². The topological polar surface area (TPSA) is 0 Å². The molecule has 0 spiro atoms. The van der Waals surface area contributed by atoms with Gasteiger partial charge >= 0.3 is 0 Å². The zero-order valence-corrected chi connectivity index (χ0v) is 31.0. The molecule has 0 aliphatic heterocycles. The van der Waals surface area contributed by atoms with Crippen molar-refractivity contribution in [2.24, 2.45) is 0 Å². The van der Waals surface area contributed by atoms with Crippen LogP contribution in [-0.2, 0) is 5.41 Å². The Morgan fingerprint density at radius 1 is 0.273 bits per heavy atom. The fourth-order valence-electron chi connectivity index (χ4n) is 9.61. The van der Waals surface area contributed by atoms with Gasteiger partial charge in [-0.25, -0.2) is 0 Å². The maximum Gasteiger partial charge on any atom is 0.0159 e. The van der Waals surface area contributed by atoms with Gasteiger partial charge in [-0.3, -0.25) is 0 Å². The molecule has 0 saturated heterocycles. The second-order valence-electron chi connectivity index (χ2n) is 15.6. The summed E-state index contributed by atoms with van der Waals surface area (Å²) < 4.78 is 0. The molecule has 10 aromatic rings. The summed E-state index contributed by atoms with van der Waals surface area (Å²) in [7, 11) is 0. The molecule has 0 aromatic heterocycles. The van der Waals surface area contributed by atoms with Gasteiger partial charge in [0.1, 0.15) is 0 Å². The zero-order chi connectivity index (χ0) is 36.7. The SMILES string of the molecule is CC1(C)c2ccccc2-c2ccc(-c3c4ccccc4c(-c4cccc(-c5cc6ccccc6c6ccccc56)c4)c4ccc(-c5ccccc5)cc34)cc21. The molecule has 10 aromatic carbocycles. The van der Waals surface area contributed by atoms with E-state index in [1.54, 1.807) is 0 Å². The molecule has 0 fully saturated rings. The van der Waals surface area contributed by atoms with Crippen molar-refractivity contribution in [1.82, 2.24) is 0 Å². The van der Waals surface area contributed by atoms with Crippen LogP contribution >= 0.6 is 0 Å². The average Bonchev–Trinajstić information content (AvgIpc) is 3.47. The van der Waals surface area contributed by atoms with Gasteiger partial charge in [0.05, 0.1) is 0 Å². The molecule has 1 aliphatic rings. The molecule has 0 N–H and O–H groups in total. The Morgan fingerprint density at radius 3 is 1.65 bits per heavy atom. The Kier molecular flexibility index (Phi) is 7.00. The summed E-state index contributed by atoms with van der Waals surface area (Å²) in [5.41, 5.74) is 15.4. The lowest BCUT2D eigenvalue weighted by Gasteiger charge is -2.23. The van der Waals surface area contributed by atoms with Crippen LogP contribution in [0.1, 0.15) is 25.0 Å². The molecule has 0 bridgehead atoms. The lowest BCUT2D eigenvalue weighted by atomic mass is 9.80. The van der Waals surface area contributed by atoms with Crippen LogP contribution < -0.4 is 0 Å². The highest BCUT2D eigenvalue weighted by atomic mass is 14.4.